The number of allylic oxidation sites excluding steroid dienone is 1. The highest BCUT2D eigenvalue weighted by Gasteiger charge is 2.24. The second-order valence-electron chi connectivity index (χ2n) is 7.18. The van der Waals surface area contributed by atoms with Crippen LogP contribution in [0.5, 0.6) is 5.75 Å². The van der Waals surface area contributed by atoms with Gasteiger partial charge in [0.2, 0.25) is 0 Å². The SMILES string of the molecule is COc1ccc(CC(=O)O/N=C/CC2N=C(C(C)(C)C)C=C2C)cc1. The number of methoxy groups -OCH3 is 1. The summed E-state index contributed by atoms with van der Waals surface area (Å²) in [7, 11) is 1.60. The van der Waals surface area contributed by atoms with Crippen LogP contribution < -0.4 is 4.74 Å². The van der Waals surface area contributed by atoms with Crippen LogP contribution in [0.15, 0.2) is 46.1 Å². The van der Waals surface area contributed by atoms with E-state index in [0.717, 1.165) is 17.0 Å². The molecule has 0 N–H and O–H groups in total. The number of carbonyl (C=O) groups excluding carboxylic acids is 1. The molecule has 0 radical (unpaired) electrons. The first-order valence-electron chi connectivity index (χ1n) is 8.40. The molecule has 0 aliphatic carbocycles. The first kappa shape index (κ1) is 18.9. The molecule has 25 heavy (non-hydrogen) atoms. The molecule has 0 saturated carbocycles. The molecule has 2 rings (SSSR count). The van der Waals surface area contributed by atoms with Crippen molar-refractivity contribution in [3.63, 3.8) is 0 Å². The summed E-state index contributed by atoms with van der Waals surface area (Å²) in [5.74, 6) is 0.365. The van der Waals surface area contributed by atoms with E-state index in [9.17, 15) is 4.79 Å². The molecule has 0 saturated heterocycles. The van der Waals surface area contributed by atoms with Crippen LogP contribution in [0.3, 0.4) is 0 Å². The number of aliphatic imine (C=N–C) groups is 1. The Hall–Kier alpha value is -2.43. The zero-order valence-electron chi connectivity index (χ0n) is 15.6. The monoisotopic (exact) mass is 342 g/mol. The molecule has 1 aromatic carbocycles. The molecule has 1 heterocycles. The van der Waals surface area contributed by atoms with E-state index in [2.05, 4.69) is 38.9 Å². The molecule has 0 bridgehead atoms. The third kappa shape index (κ3) is 5.55. The van der Waals surface area contributed by atoms with Crippen LogP contribution in [0.4, 0.5) is 0 Å². The zero-order valence-corrected chi connectivity index (χ0v) is 15.6. The van der Waals surface area contributed by atoms with Crippen LogP contribution in [-0.4, -0.2) is 31.0 Å². The topological polar surface area (TPSA) is 60.2 Å². The fourth-order valence-electron chi connectivity index (χ4n) is 2.45. The zero-order chi connectivity index (χ0) is 18.4. The number of rotatable bonds is 6. The number of benzene rings is 1. The first-order valence-corrected chi connectivity index (χ1v) is 8.40. The standard InChI is InChI=1S/C20H26N2O3/c1-14-12-18(20(2,3)4)22-17(14)10-11-21-25-19(23)13-15-6-8-16(24-5)9-7-15/h6-9,11-12,17H,10,13H2,1-5H3/b21-11+. The van der Waals surface area contributed by atoms with Gasteiger partial charge in [-0.2, -0.15) is 0 Å². The third-order valence-electron chi connectivity index (χ3n) is 4.02. The van der Waals surface area contributed by atoms with Crippen molar-refractivity contribution >= 4 is 17.9 Å². The van der Waals surface area contributed by atoms with Crippen molar-refractivity contribution in [3.05, 3.63) is 41.5 Å². The molecular formula is C20H26N2O3. The number of oxime groups is 1. The Bertz CT molecular complexity index is 695. The normalized spacial score (nSPS) is 17.4. The van der Waals surface area contributed by atoms with Gasteiger partial charge < -0.3 is 9.57 Å². The minimum atomic E-state index is -0.390. The molecule has 5 nitrogen and oxygen atoms in total. The lowest BCUT2D eigenvalue weighted by Gasteiger charge is -2.16. The van der Waals surface area contributed by atoms with Gasteiger partial charge in [-0.05, 0) is 36.3 Å². The lowest BCUT2D eigenvalue weighted by molar-refractivity contribution is -0.142. The average Bonchev–Trinajstić information content (AvgIpc) is 2.93. The van der Waals surface area contributed by atoms with Crippen molar-refractivity contribution < 1.29 is 14.4 Å². The van der Waals surface area contributed by atoms with Crippen LogP contribution in [0.25, 0.3) is 0 Å². The molecule has 134 valence electrons. The van der Waals surface area contributed by atoms with Gasteiger partial charge in [0.25, 0.3) is 0 Å². The minimum Gasteiger partial charge on any atom is -0.497 e. The molecule has 0 amide bonds. The Labute approximate surface area is 149 Å². The Morgan fingerprint density at radius 1 is 1.28 bits per heavy atom. The van der Waals surface area contributed by atoms with E-state index in [1.54, 1.807) is 13.3 Å². The molecule has 5 heteroatoms. The molecule has 1 aromatic rings. The molecule has 0 aromatic heterocycles. The number of nitrogens with zero attached hydrogens (tertiary/aromatic N) is 2. The summed E-state index contributed by atoms with van der Waals surface area (Å²) in [4.78, 5) is 21.4. The van der Waals surface area contributed by atoms with Crippen molar-refractivity contribution in [2.24, 2.45) is 15.6 Å². The highest BCUT2D eigenvalue weighted by molar-refractivity contribution is 6.01. The largest absolute Gasteiger partial charge is 0.497 e. The van der Waals surface area contributed by atoms with Gasteiger partial charge in [0.05, 0.1) is 19.6 Å². The molecule has 1 aliphatic heterocycles. The van der Waals surface area contributed by atoms with Crippen molar-refractivity contribution in [2.45, 2.75) is 46.6 Å². The maximum atomic E-state index is 11.8. The van der Waals surface area contributed by atoms with E-state index in [1.807, 2.05) is 24.3 Å². The van der Waals surface area contributed by atoms with Crippen molar-refractivity contribution in [2.75, 3.05) is 7.11 Å². The van der Waals surface area contributed by atoms with Gasteiger partial charge >= 0.3 is 5.97 Å². The summed E-state index contributed by atoms with van der Waals surface area (Å²) < 4.78 is 5.08. The molecule has 1 unspecified atom stereocenters. The summed E-state index contributed by atoms with van der Waals surface area (Å²) in [5.41, 5.74) is 3.20. The lowest BCUT2D eigenvalue weighted by atomic mass is 9.90. The highest BCUT2D eigenvalue weighted by atomic mass is 16.7. The van der Waals surface area contributed by atoms with Gasteiger partial charge in [0.15, 0.2) is 0 Å². The van der Waals surface area contributed by atoms with E-state index in [0.29, 0.717) is 6.42 Å². The van der Waals surface area contributed by atoms with E-state index in [-0.39, 0.29) is 23.8 Å². The number of hydrogen-bond acceptors (Lipinski definition) is 5. The fraction of sp³-hybridized carbons (Fsp3) is 0.450. The van der Waals surface area contributed by atoms with Crippen LogP contribution in [0.2, 0.25) is 0 Å². The smallest absolute Gasteiger partial charge is 0.339 e. The summed E-state index contributed by atoms with van der Waals surface area (Å²) in [5, 5.41) is 3.79. The summed E-state index contributed by atoms with van der Waals surface area (Å²) in [6, 6.07) is 7.37. The molecule has 1 atom stereocenters. The molecular weight excluding hydrogens is 316 g/mol. The highest BCUT2D eigenvalue weighted by Crippen LogP contribution is 2.26. The van der Waals surface area contributed by atoms with Crippen molar-refractivity contribution in [1.82, 2.24) is 0 Å². The van der Waals surface area contributed by atoms with E-state index >= 15 is 0 Å². The third-order valence-corrected chi connectivity index (χ3v) is 4.02. The van der Waals surface area contributed by atoms with Crippen molar-refractivity contribution in [1.29, 1.82) is 0 Å². The van der Waals surface area contributed by atoms with Crippen LogP contribution in [0.1, 0.15) is 39.7 Å². The predicted octanol–water partition coefficient (Wildman–Crippen LogP) is 3.97. The van der Waals surface area contributed by atoms with Crippen LogP contribution in [-0.2, 0) is 16.1 Å². The average molecular weight is 342 g/mol. The number of hydrogen-bond donors (Lipinski definition) is 0. The first-order chi connectivity index (χ1) is 11.8. The molecule has 1 aliphatic rings. The maximum absolute atomic E-state index is 11.8. The second kappa shape index (κ2) is 8.10. The Kier molecular flexibility index (Phi) is 6.12. The quantitative estimate of drug-likeness (QED) is 0.446. The van der Waals surface area contributed by atoms with Gasteiger partial charge in [-0.1, -0.05) is 38.1 Å². The van der Waals surface area contributed by atoms with Crippen LogP contribution >= 0.6 is 0 Å². The van der Waals surface area contributed by atoms with Crippen LogP contribution in [0, 0.1) is 5.41 Å². The predicted molar refractivity (Wildman–Crippen MR) is 100 cm³/mol. The van der Waals surface area contributed by atoms with E-state index in [4.69, 9.17) is 14.6 Å². The van der Waals surface area contributed by atoms with Gasteiger partial charge in [-0.15, -0.1) is 0 Å². The Morgan fingerprint density at radius 2 is 1.96 bits per heavy atom. The fourth-order valence-corrected chi connectivity index (χ4v) is 2.45. The number of carbonyl (C=O) groups is 1. The Morgan fingerprint density at radius 3 is 2.52 bits per heavy atom. The molecule has 0 fully saturated rings. The second-order valence-corrected chi connectivity index (χ2v) is 7.18. The van der Waals surface area contributed by atoms with Gasteiger partial charge in [-0.25, -0.2) is 4.79 Å². The number of ether oxygens (including phenoxy) is 1. The molecule has 0 spiro atoms. The van der Waals surface area contributed by atoms with E-state index in [1.165, 1.54) is 5.57 Å². The summed E-state index contributed by atoms with van der Waals surface area (Å²) >= 11 is 0. The van der Waals surface area contributed by atoms with Crippen molar-refractivity contribution in [3.8, 4) is 5.75 Å². The van der Waals surface area contributed by atoms with Gasteiger partial charge in [-0.3, -0.25) is 4.99 Å². The lowest BCUT2D eigenvalue weighted by Crippen LogP contribution is -2.17. The summed E-state index contributed by atoms with van der Waals surface area (Å²) in [6.07, 6.45) is 4.55. The summed E-state index contributed by atoms with van der Waals surface area (Å²) in [6.45, 7) is 8.50. The van der Waals surface area contributed by atoms with E-state index < -0.39 is 0 Å². The maximum Gasteiger partial charge on any atom is 0.339 e. The minimum absolute atomic E-state index is 0.0397. The van der Waals surface area contributed by atoms with Gasteiger partial charge in [0, 0.05) is 23.8 Å². The van der Waals surface area contributed by atoms with Gasteiger partial charge in [0.1, 0.15) is 5.75 Å². The Balaban J connectivity index is 1.80.